The first-order valence-corrected chi connectivity index (χ1v) is 17.3. The third-order valence-corrected chi connectivity index (χ3v) is 10.2. The largest absolute Gasteiger partial charge is 0.491 e. The van der Waals surface area contributed by atoms with Gasteiger partial charge in [-0.25, -0.2) is 4.39 Å². The average Bonchev–Trinajstić information content (AvgIpc) is 3.62. The van der Waals surface area contributed by atoms with Crippen LogP contribution in [0.1, 0.15) is 94.7 Å². The number of aryl methyl sites for hydroxylation is 1. The number of hydrogen-bond donors (Lipinski definition) is 1. The first kappa shape index (κ1) is 42.8. The van der Waals surface area contributed by atoms with E-state index in [1.807, 2.05) is 52.9 Å². The van der Waals surface area contributed by atoms with Crippen LogP contribution < -0.4 is 4.74 Å². The molecule has 2 fully saturated rings. The number of likely N-dealkylation sites (tertiary alicyclic amines) is 1. The van der Waals surface area contributed by atoms with Crippen molar-refractivity contribution < 1.29 is 19.0 Å². The highest BCUT2D eigenvalue weighted by Crippen LogP contribution is 2.43. The molecule has 2 aromatic carbocycles. The molecular formula is C38H56Cl3FN4O3. The highest BCUT2D eigenvalue weighted by molar-refractivity contribution is 5.86. The molecule has 5 rings (SSSR count). The monoisotopic (exact) mass is 740 g/mol. The molecule has 4 atom stereocenters. The first-order valence-electron chi connectivity index (χ1n) is 17.3. The molecule has 2 heterocycles. The molecule has 1 aliphatic heterocycles. The smallest absolute Gasteiger partial charge is 0.321 e. The fraction of sp³-hybridized carbons (Fsp3) is 0.579. The molecule has 3 aromatic rings. The topological polar surface area (TPSA) is 70.8 Å². The molecule has 0 radical (unpaired) electrons. The van der Waals surface area contributed by atoms with Gasteiger partial charge in [0, 0.05) is 37.2 Å². The number of aromatic nitrogens is 2. The minimum Gasteiger partial charge on any atom is -0.491 e. The second-order valence-electron chi connectivity index (χ2n) is 14.2. The van der Waals surface area contributed by atoms with E-state index in [-0.39, 0.29) is 67.0 Å². The number of carboxylic acid groups (broad SMARTS) is 1. The summed E-state index contributed by atoms with van der Waals surface area (Å²) in [4.78, 5) is 16.8. The Morgan fingerprint density at radius 2 is 1.69 bits per heavy atom. The normalized spacial score (nSPS) is 20.5. The van der Waals surface area contributed by atoms with E-state index in [9.17, 15) is 14.3 Å². The molecule has 2 aliphatic rings. The van der Waals surface area contributed by atoms with Crippen LogP contribution in [0.3, 0.4) is 0 Å². The van der Waals surface area contributed by atoms with Crippen LogP contribution in [0.25, 0.3) is 0 Å². The number of nitrogens with zero attached hydrogens (tertiary/aromatic N) is 4. The van der Waals surface area contributed by atoms with Crippen molar-refractivity contribution in [1.29, 1.82) is 0 Å². The second kappa shape index (κ2) is 19.3. The number of aliphatic carboxylic acids is 1. The maximum atomic E-state index is 14.3. The SMILES string of the molecule is CCn1nc(Cc2ccc(OC(C)C)cc2)cc1C1CCN(CC2CC(N(C)[C@@H](C(=O)O)C(C)C)CC2c2cccc(F)c2)CC1.Cl.Cl.Cl. The van der Waals surface area contributed by atoms with Crippen molar-refractivity contribution in [3.8, 4) is 5.75 Å². The van der Waals surface area contributed by atoms with E-state index in [1.54, 1.807) is 12.1 Å². The molecule has 3 unspecified atom stereocenters. The number of carboxylic acids is 1. The summed E-state index contributed by atoms with van der Waals surface area (Å²) in [5.41, 5.74) is 4.71. The van der Waals surface area contributed by atoms with Crippen LogP contribution in [0.5, 0.6) is 5.75 Å². The lowest BCUT2D eigenvalue weighted by atomic mass is 9.87. The highest BCUT2D eigenvalue weighted by atomic mass is 35.5. The Kier molecular flexibility index (Phi) is 16.9. The minimum absolute atomic E-state index is 0. The van der Waals surface area contributed by atoms with Crippen molar-refractivity contribution in [3.05, 3.63) is 82.9 Å². The molecule has 0 spiro atoms. The van der Waals surface area contributed by atoms with Crippen LogP contribution >= 0.6 is 37.2 Å². The van der Waals surface area contributed by atoms with Crippen molar-refractivity contribution in [2.24, 2.45) is 11.8 Å². The van der Waals surface area contributed by atoms with E-state index < -0.39 is 12.0 Å². The summed E-state index contributed by atoms with van der Waals surface area (Å²) in [6, 6.07) is 17.3. The Balaban J connectivity index is 0.00000278. The predicted octanol–water partition coefficient (Wildman–Crippen LogP) is 8.47. The number of carbonyl (C=O) groups is 1. The Labute approximate surface area is 311 Å². The fourth-order valence-corrected chi connectivity index (χ4v) is 8.00. The Morgan fingerprint density at radius 1 is 1.02 bits per heavy atom. The lowest BCUT2D eigenvalue weighted by Gasteiger charge is -2.35. The summed E-state index contributed by atoms with van der Waals surface area (Å²) in [6.45, 7) is 14.0. The Morgan fingerprint density at radius 3 is 2.27 bits per heavy atom. The second-order valence-corrected chi connectivity index (χ2v) is 14.2. The Bertz CT molecular complexity index is 1450. The van der Waals surface area contributed by atoms with Gasteiger partial charge in [-0.1, -0.05) is 38.1 Å². The molecular weight excluding hydrogens is 686 g/mol. The maximum absolute atomic E-state index is 14.3. The summed E-state index contributed by atoms with van der Waals surface area (Å²) in [7, 11) is 1.96. The van der Waals surface area contributed by atoms with E-state index in [1.165, 1.54) is 17.3 Å². The van der Waals surface area contributed by atoms with E-state index in [2.05, 4.69) is 39.6 Å². The molecule has 1 aromatic heterocycles. The molecule has 1 saturated heterocycles. The van der Waals surface area contributed by atoms with Crippen LogP contribution in [-0.2, 0) is 17.8 Å². The number of rotatable bonds is 13. The van der Waals surface area contributed by atoms with Gasteiger partial charge < -0.3 is 14.7 Å². The van der Waals surface area contributed by atoms with Crippen molar-refractivity contribution >= 4 is 43.2 Å². The van der Waals surface area contributed by atoms with Gasteiger partial charge in [0.15, 0.2) is 0 Å². The molecule has 1 N–H and O–H groups in total. The molecule has 1 aliphatic carbocycles. The number of likely N-dealkylation sites (N-methyl/N-ethyl adjacent to an activating group) is 1. The van der Waals surface area contributed by atoms with E-state index >= 15 is 0 Å². The van der Waals surface area contributed by atoms with E-state index in [0.717, 1.165) is 75.3 Å². The van der Waals surface area contributed by atoms with Gasteiger partial charge in [-0.15, -0.1) is 37.2 Å². The summed E-state index contributed by atoms with van der Waals surface area (Å²) in [6.07, 6.45) is 4.91. The third kappa shape index (κ3) is 10.8. The third-order valence-electron chi connectivity index (χ3n) is 10.2. The molecule has 0 bridgehead atoms. The van der Waals surface area contributed by atoms with Gasteiger partial charge in [0.25, 0.3) is 0 Å². The van der Waals surface area contributed by atoms with Gasteiger partial charge in [-0.05, 0) is 126 Å². The lowest BCUT2D eigenvalue weighted by molar-refractivity contribution is -0.145. The molecule has 11 heteroatoms. The van der Waals surface area contributed by atoms with E-state index in [0.29, 0.717) is 11.8 Å². The summed E-state index contributed by atoms with van der Waals surface area (Å²) in [5.74, 6) is 0.957. The number of halogens is 4. The van der Waals surface area contributed by atoms with Gasteiger partial charge in [0.1, 0.15) is 17.6 Å². The van der Waals surface area contributed by atoms with Crippen LogP contribution in [0.2, 0.25) is 0 Å². The molecule has 1 saturated carbocycles. The summed E-state index contributed by atoms with van der Waals surface area (Å²) in [5, 5.41) is 15.0. The average molecular weight is 742 g/mol. The first-order chi connectivity index (χ1) is 22.0. The van der Waals surface area contributed by atoms with Crippen molar-refractivity contribution in [1.82, 2.24) is 19.6 Å². The molecule has 49 heavy (non-hydrogen) atoms. The standard InChI is InChI=1S/C38H53FN4O3.3ClH/c1-7-43-36(22-32(40-43)19-27-11-13-34(14-12-27)46-26(4)5)28-15-17-42(18-16-28)24-30-21-33(41(6)37(25(2)3)38(44)45)23-35(30)29-9-8-10-31(39)20-29;;;/h8-14,20,22,25-26,28,30,33,35,37H,7,15-19,21,23-24H2,1-6H3,(H,44,45);3*1H/t30?,33?,35?,37-;;;/m1.../s1. The molecule has 274 valence electrons. The quantitative estimate of drug-likeness (QED) is 0.190. The zero-order valence-corrected chi connectivity index (χ0v) is 32.2. The van der Waals surface area contributed by atoms with Gasteiger partial charge >= 0.3 is 5.97 Å². The minimum atomic E-state index is -0.769. The van der Waals surface area contributed by atoms with Crippen LogP contribution in [0.15, 0.2) is 54.6 Å². The number of piperidine rings is 1. The van der Waals surface area contributed by atoms with Gasteiger partial charge in [-0.3, -0.25) is 14.4 Å². The van der Waals surface area contributed by atoms with Gasteiger partial charge in [0.2, 0.25) is 0 Å². The van der Waals surface area contributed by atoms with Gasteiger partial charge in [-0.2, -0.15) is 5.10 Å². The molecule has 7 nitrogen and oxygen atoms in total. The predicted molar refractivity (Wildman–Crippen MR) is 203 cm³/mol. The fourth-order valence-electron chi connectivity index (χ4n) is 8.00. The van der Waals surface area contributed by atoms with Crippen LogP contribution in [0, 0.1) is 17.7 Å². The van der Waals surface area contributed by atoms with E-state index in [4.69, 9.17) is 9.84 Å². The highest BCUT2D eigenvalue weighted by Gasteiger charge is 2.42. The van der Waals surface area contributed by atoms with Gasteiger partial charge in [0.05, 0.1) is 11.8 Å². The maximum Gasteiger partial charge on any atom is 0.321 e. The van der Waals surface area contributed by atoms with Crippen molar-refractivity contribution in [2.75, 3.05) is 26.7 Å². The summed E-state index contributed by atoms with van der Waals surface area (Å²) >= 11 is 0. The zero-order chi connectivity index (χ0) is 33.0. The van der Waals surface area contributed by atoms with Crippen molar-refractivity contribution in [2.45, 2.75) is 103 Å². The number of ether oxygens (including phenoxy) is 1. The van der Waals surface area contributed by atoms with Crippen molar-refractivity contribution in [3.63, 3.8) is 0 Å². The number of hydrogen-bond acceptors (Lipinski definition) is 5. The molecule has 0 amide bonds. The summed E-state index contributed by atoms with van der Waals surface area (Å²) < 4.78 is 22.3. The lowest BCUT2D eigenvalue weighted by Crippen LogP contribution is -2.47. The van der Waals surface area contributed by atoms with Crippen LogP contribution in [0.4, 0.5) is 4.39 Å². The van der Waals surface area contributed by atoms with Crippen LogP contribution in [-0.4, -0.2) is 75.5 Å². The zero-order valence-electron chi connectivity index (χ0n) is 29.8. The Hall–Kier alpha value is -2.36. The number of benzene rings is 2.